The first-order chi connectivity index (χ1) is 8.70. The Labute approximate surface area is 112 Å². The van der Waals surface area contributed by atoms with E-state index < -0.39 is 0 Å². The van der Waals surface area contributed by atoms with Crippen molar-refractivity contribution in [3.63, 3.8) is 0 Å². The molecule has 1 heteroatoms. The van der Waals surface area contributed by atoms with Crippen LogP contribution in [-0.4, -0.2) is 4.98 Å². The Balaban J connectivity index is 0.000000415. The Morgan fingerprint density at radius 2 is 1.44 bits per heavy atom. The standard InChI is InChI=1S/C11H11N.C4H10.C2H6/c1-8-5-6-9(2)11-10(8)4-3-7-12-11;1-3-4-2;1-2/h3-7H,1-2H3;3-4H2,1-2H3;1-2H3. The van der Waals surface area contributed by atoms with Crippen molar-refractivity contribution in [3.8, 4) is 0 Å². The molecule has 0 N–H and O–H groups in total. The van der Waals surface area contributed by atoms with Crippen LogP contribution >= 0.6 is 0 Å². The highest BCUT2D eigenvalue weighted by Gasteiger charge is 1.98. The Morgan fingerprint density at radius 3 is 1.94 bits per heavy atom. The third-order valence-electron chi connectivity index (χ3n) is 2.69. The van der Waals surface area contributed by atoms with Gasteiger partial charge in [0.05, 0.1) is 5.52 Å². The SMILES string of the molecule is CC.CCCC.Cc1ccc(C)c2ncccc12. The van der Waals surface area contributed by atoms with E-state index in [1.165, 1.54) is 29.4 Å². The van der Waals surface area contributed by atoms with Crippen LogP contribution in [0.15, 0.2) is 30.5 Å². The summed E-state index contributed by atoms with van der Waals surface area (Å²) in [4.78, 5) is 4.34. The summed E-state index contributed by atoms with van der Waals surface area (Å²) in [6.45, 7) is 12.6. The van der Waals surface area contributed by atoms with E-state index in [0.717, 1.165) is 5.52 Å². The topological polar surface area (TPSA) is 12.9 Å². The normalized spacial score (nSPS) is 9.00. The molecule has 0 spiro atoms. The van der Waals surface area contributed by atoms with E-state index in [1.807, 2.05) is 26.1 Å². The van der Waals surface area contributed by atoms with Crippen LogP contribution < -0.4 is 0 Å². The molecule has 100 valence electrons. The zero-order chi connectivity index (χ0) is 14.0. The molecular formula is C17H27N. The second-order valence-corrected chi connectivity index (χ2v) is 4.10. The lowest BCUT2D eigenvalue weighted by Gasteiger charge is -2.02. The number of benzene rings is 1. The van der Waals surface area contributed by atoms with Crippen LogP contribution in [-0.2, 0) is 0 Å². The number of aromatic nitrogens is 1. The average molecular weight is 245 g/mol. The molecule has 2 rings (SSSR count). The van der Waals surface area contributed by atoms with Crippen LogP contribution in [0.25, 0.3) is 10.9 Å². The molecular weight excluding hydrogens is 218 g/mol. The smallest absolute Gasteiger partial charge is 0.0733 e. The number of unbranched alkanes of at least 4 members (excludes halogenated alkanes) is 1. The van der Waals surface area contributed by atoms with E-state index in [0.29, 0.717) is 0 Å². The van der Waals surface area contributed by atoms with E-state index in [9.17, 15) is 0 Å². The summed E-state index contributed by atoms with van der Waals surface area (Å²) in [6.07, 6.45) is 4.48. The summed E-state index contributed by atoms with van der Waals surface area (Å²) >= 11 is 0. The zero-order valence-electron chi connectivity index (χ0n) is 12.7. The summed E-state index contributed by atoms with van der Waals surface area (Å²) in [7, 11) is 0. The van der Waals surface area contributed by atoms with Crippen molar-refractivity contribution >= 4 is 10.9 Å². The Morgan fingerprint density at radius 1 is 0.889 bits per heavy atom. The van der Waals surface area contributed by atoms with Crippen molar-refractivity contribution in [2.45, 2.75) is 54.4 Å². The van der Waals surface area contributed by atoms with Gasteiger partial charge in [-0.15, -0.1) is 0 Å². The van der Waals surface area contributed by atoms with Gasteiger partial charge in [0.25, 0.3) is 0 Å². The van der Waals surface area contributed by atoms with Gasteiger partial charge in [0.2, 0.25) is 0 Å². The number of fused-ring (bicyclic) bond motifs is 1. The van der Waals surface area contributed by atoms with Gasteiger partial charge in [-0.2, -0.15) is 0 Å². The Kier molecular flexibility index (Phi) is 8.91. The maximum Gasteiger partial charge on any atom is 0.0733 e. The molecule has 1 nitrogen and oxygen atoms in total. The van der Waals surface area contributed by atoms with Crippen LogP contribution in [0.3, 0.4) is 0 Å². The summed E-state index contributed by atoms with van der Waals surface area (Å²) in [5.41, 5.74) is 3.66. The monoisotopic (exact) mass is 245 g/mol. The molecule has 18 heavy (non-hydrogen) atoms. The third-order valence-corrected chi connectivity index (χ3v) is 2.69. The average Bonchev–Trinajstić information content (AvgIpc) is 2.46. The van der Waals surface area contributed by atoms with Crippen LogP contribution in [0.4, 0.5) is 0 Å². The number of nitrogens with zero attached hydrogens (tertiary/aromatic N) is 1. The number of aryl methyl sites for hydroxylation is 2. The second-order valence-electron chi connectivity index (χ2n) is 4.10. The van der Waals surface area contributed by atoms with E-state index in [1.54, 1.807) is 0 Å². The first-order valence-electron chi connectivity index (χ1n) is 7.01. The van der Waals surface area contributed by atoms with Crippen LogP contribution in [0.5, 0.6) is 0 Å². The molecule has 0 atom stereocenters. The lowest BCUT2D eigenvalue weighted by atomic mass is 10.1. The highest BCUT2D eigenvalue weighted by Crippen LogP contribution is 2.18. The maximum atomic E-state index is 4.34. The number of pyridine rings is 1. The minimum Gasteiger partial charge on any atom is -0.256 e. The number of hydrogen-bond donors (Lipinski definition) is 0. The number of hydrogen-bond acceptors (Lipinski definition) is 1. The molecule has 0 fully saturated rings. The van der Waals surface area contributed by atoms with Crippen molar-refractivity contribution in [2.24, 2.45) is 0 Å². The van der Waals surface area contributed by atoms with Gasteiger partial charge >= 0.3 is 0 Å². The van der Waals surface area contributed by atoms with Gasteiger partial charge in [-0.1, -0.05) is 58.7 Å². The lowest BCUT2D eigenvalue weighted by molar-refractivity contribution is 0.886. The molecule has 0 radical (unpaired) electrons. The summed E-state index contributed by atoms with van der Waals surface area (Å²) in [5, 5.41) is 1.26. The van der Waals surface area contributed by atoms with Crippen molar-refractivity contribution in [1.82, 2.24) is 4.98 Å². The van der Waals surface area contributed by atoms with Gasteiger partial charge < -0.3 is 0 Å². The van der Waals surface area contributed by atoms with Gasteiger partial charge in [-0.3, -0.25) is 4.98 Å². The quantitative estimate of drug-likeness (QED) is 0.629. The van der Waals surface area contributed by atoms with Crippen molar-refractivity contribution in [2.75, 3.05) is 0 Å². The summed E-state index contributed by atoms with van der Waals surface area (Å²) < 4.78 is 0. The van der Waals surface area contributed by atoms with Crippen molar-refractivity contribution in [1.29, 1.82) is 0 Å². The van der Waals surface area contributed by atoms with Gasteiger partial charge in [0, 0.05) is 11.6 Å². The second kappa shape index (κ2) is 9.64. The van der Waals surface area contributed by atoms with Gasteiger partial charge in [-0.05, 0) is 31.0 Å². The fourth-order valence-electron chi connectivity index (χ4n) is 1.46. The predicted octanol–water partition coefficient (Wildman–Crippen LogP) is 5.68. The van der Waals surface area contributed by atoms with Gasteiger partial charge in [0.15, 0.2) is 0 Å². The minimum absolute atomic E-state index is 1.12. The fourth-order valence-corrected chi connectivity index (χ4v) is 1.46. The van der Waals surface area contributed by atoms with E-state index in [2.05, 4.69) is 50.9 Å². The molecule has 0 aliphatic carbocycles. The molecule has 0 aliphatic rings. The molecule has 0 unspecified atom stereocenters. The highest BCUT2D eigenvalue weighted by atomic mass is 14.6. The largest absolute Gasteiger partial charge is 0.256 e. The molecule has 0 aliphatic heterocycles. The van der Waals surface area contributed by atoms with E-state index in [4.69, 9.17) is 0 Å². The Hall–Kier alpha value is -1.37. The predicted molar refractivity (Wildman–Crippen MR) is 83.1 cm³/mol. The summed E-state index contributed by atoms with van der Waals surface area (Å²) in [5.74, 6) is 0. The van der Waals surface area contributed by atoms with Crippen LogP contribution in [0, 0.1) is 13.8 Å². The number of rotatable bonds is 1. The maximum absolute atomic E-state index is 4.34. The van der Waals surface area contributed by atoms with E-state index >= 15 is 0 Å². The van der Waals surface area contributed by atoms with Crippen LogP contribution in [0.2, 0.25) is 0 Å². The molecule has 1 heterocycles. The van der Waals surface area contributed by atoms with E-state index in [-0.39, 0.29) is 0 Å². The summed E-state index contributed by atoms with van der Waals surface area (Å²) in [6, 6.07) is 8.35. The van der Waals surface area contributed by atoms with Gasteiger partial charge in [0.1, 0.15) is 0 Å². The molecule has 1 aromatic heterocycles. The lowest BCUT2D eigenvalue weighted by Crippen LogP contribution is -1.84. The molecule has 0 bridgehead atoms. The highest BCUT2D eigenvalue weighted by molar-refractivity contribution is 5.84. The van der Waals surface area contributed by atoms with Crippen molar-refractivity contribution in [3.05, 3.63) is 41.6 Å². The molecule has 0 saturated heterocycles. The molecule has 0 amide bonds. The first-order valence-corrected chi connectivity index (χ1v) is 7.01. The third kappa shape index (κ3) is 4.87. The fraction of sp³-hybridized carbons (Fsp3) is 0.471. The Bertz CT molecular complexity index is 404. The van der Waals surface area contributed by atoms with Crippen molar-refractivity contribution < 1.29 is 0 Å². The first kappa shape index (κ1) is 16.6. The van der Waals surface area contributed by atoms with Crippen LogP contribution in [0.1, 0.15) is 51.7 Å². The molecule has 2 aromatic rings. The molecule has 1 aromatic carbocycles. The molecule has 0 saturated carbocycles. The minimum atomic E-state index is 1.12. The zero-order valence-corrected chi connectivity index (χ0v) is 12.7. The van der Waals surface area contributed by atoms with Gasteiger partial charge in [-0.25, -0.2) is 0 Å².